The molecule has 6 heteroatoms. The zero-order valence-corrected chi connectivity index (χ0v) is 44.3. The average molecular weight is 921 g/mol. The van der Waals surface area contributed by atoms with E-state index in [1.807, 2.05) is 0 Å². The molecule has 0 radical (unpaired) electrons. The van der Waals surface area contributed by atoms with Crippen LogP contribution in [-0.4, -0.2) is 47.4 Å². The quantitative estimate of drug-likeness (QED) is 0.0417. The minimum atomic E-state index is -0.662. The second-order valence-electron chi connectivity index (χ2n) is 20.7. The van der Waals surface area contributed by atoms with Gasteiger partial charge in [-0.15, -0.1) is 0 Å². The van der Waals surface area contributed by atoms with Crippen LogP contribution in [0.15, 0.2) is 0 Å². The van der Waals surface area contributed by atoms with Crippen LogP contribution < -0.4 is 5.32 Å². The molecule has 0 rings (SSSR count). The number of esters is 1. The van der Waals surface area contributed by atoms with Crippen LogP contribution in [0.3, 0.4) is 0 Å². The lowest BCUT2D eigenvalue weighted by Crippen LogP contribution is -2.45. The van der Waals surface area contributed by atoms with Gasteiger partial charge in [-0.25, -0.2) is 0 Å². The van der Waals surface area contributed by atoms with Crippen molar-refractivity contribution in [2.45, 2.75) is 353 Å². The van der Waals surface area contributed by atoms with Crippen molar-refractivity contribution in [3.8, 4) is 0 Å². The van der Waals surface area contributed by atoms with Gasteiger partial charge in [-0.1, -0.05) is 303 Å². The molecule has 1 amide bonds. The smallest absolute Gasteiger partial charge is 0.305 e. The molecule has 0 spiro atoms. The summed E-state index contributed by atoms with van der Waals surface area (Å²) in [6, 6.07) is -0.540. The summed E-state index contributed by atoms with van der Waals surface area (Å²) in [5.74, 6) is -0.0206. The number of aliphatic hydroxyl groups excluding tert-OH is 2. The largest absolute Gasteiger partial charge is 0.466 e. The van der Waals surface area contributed by atoms with Gasteiger partial charge in [0.15, 0.2) is 0 Å². The third-order valence-corrected chi connectivity index (χ3v) is 14.2. The molecule has 6 nitrogen and oxygen atoms in total. The average Bonchev–Trinajstić information content (AvgIpc) is 3.31. The summed E-state index contributed by atoms with van der Waals surface area (Å²) in [4.78, 5) is 24.5. The molecule has 0 aliphatic heterocycles. The van der Waals surface area contributed by atoms with Crippen LogP contribution in [0, 0.1) is 0 Å². The monoisotopic (exact) mass is 920 g/mol. The number of ether oxygens (including phenoxy) is 1. The van der Waals surface area contributed by atoms with Gasteiger partial charge >= 0.3 is 5.97 Å². The van der Waals surface area contributed by atoms with E-state index in [-0.39, 0.29) is 18.5 Å². The van der Waals surface area contributed by atoms with Crippen LogP contribution in [0.4, 0.5) is 0 Å². The Hall–Kier alpha value is -1.14. The highest BCUT2D eigenvalue weighted by Gasteiger charge is 2.20. The number of aliphatic hydroxyl groups is 2. The van der Waals surface area contributed by atoms with Gasteiger partial charge < -0.3 is 20.3 Å². The van der Waals surface area contributed by atoms with Crippen molar-refractivity contribution in [2.75, 3.05) is 13.2 Å². The highest BCUT2D eigenvalue weighted by molar-refractivity contribution is 5.76. The van der Waals surface area contributed by atoms with Crippen LogP contribution >= 0.6 is 0 Å². The molecule has 3 N–H and O–H groups in total. The fourth-order valence-electron chi connectivity index (χ4n) is 9.58. The topological polar surface area (TPSA) is 95.9 Å². The molecule has 2 atom stereocenters. The number of rotatable bonds is 56. The first-order chi connectivity index (χ1) is 32.0. The molecule has 0 heterocycles. The van der Waals surface area contributed by atoms with E-state index >= 15 is 0 Å². The van der Waals surface area contributed by atoms with Gasteiger partial charge in [0.05, 0.1) is 25.4 Å². The summed E-state index contributed by atoms with van der Waals surface area (Å²) in [7, 11) is 0. The summed E-state index contributed by atoms with van der Waals surface area (Å²) in [5, 5.41) is 23.2. The summed E-state index contributed by atoms with van der Waals surface area (Å²) in [5.41, 5.74) is 0. The molecule has 0 saturated heterocycles. The Bertz CT molecular complexity index is 928. The van der Waals surface area contributed by atoms with Crippen molar-refractivity contribution in [1.29, 1.82) is 0 Å². The summed E-state index contributed by atoms with van der Waals surface area (Å²) < 4.78 is 5.49. The molecule has 0 aliphatic rings. The summed E-state index contributed by atoms with van der Waals surface area (Å²) in [6.45, 7) is 4.97. The van der Waals surface area contributed by atoms with Gasteiger partial charge in [-0.3, -0.25) is 9.59 Å². The third-order valence-electron chi connectivity index (χ3n) is 14.2. The Morgan fingerprint density at radius 3 is 0.938 bits per heavy atom. The van der Waals surface area contributed by atoms with Crippen molar-refractivity contribution < 1.29 is 24.5 Å². The molecule has 0 saturated carbocycles. The Morgan fingerprint density at radius 2 is 0.631 bits per heavy atom. The maximum Gasteiger partial charge on any atom is 0.305 e. The van der Waals surface area contributed by atoms with Crippen molar-refractivity contribution in [3.05, 3.63) is 0 Å². The van der Waals surface area contributed by atoms with E-state index in [1.54, 1.807) is 0 Å². The fourth-order valence-corrected chi connectivity index (χ4v) is 9.58. The van der Waals surface area contributed by atoms with Gasteiger partial charge in [0.25, 0.3) is 0 Å². The molecular weight excluding hydrogens is 803 g/mol. The number of nitrogens with one attached hydrogen (secondary N) is 1. The number of carbonyl (C=O) groups excluding carboxylic acids is 2. The molecule has 0 fully saturated rings. The number of unbranched alkanes of at least 4 members (excludes halogenated alkanes) is 45. The van der Waals surface area contributed by atoms with Crippen LogP contribution in [0.25, 0.3) is 0 Å². The van der Waals surface area contributed by atoms with Gasteiger partial charge in [0.2, 0.25) is 5.91 Å². The van der Waals surface area contributed by atoms with E-state index in [1.165, 1.54) is 270 Å². The van der Waals surface area contributed by atoms with Gasteiger partial charge in [-0.05, 0) is 25.7 Å². The molecule has 0 aliphatic carbocycles. The minimum absolute atomic E-state index is 0.0153. The van der Waals surface area contributed by atoms with Crippen molar-refractivity contribution in [3.63, 3.8) is 0 Å². The van der Waals surface area contributed by atoms with Gasteiger partial charge in [-0.2, -0.15) is 0 Å². The van der Waals surface area contributed by atoms with Crippen molar-refractivity contribution in [2.24, 2.45) is 0 Å². The first kappa shape index (κ1) is 63.9. The molecule has 388 valence electrons. The van der Waals surface area contributed by atoms with Crippen molar-refractivity contribution in [1.82, 2.24) is 5.32 Å². The van der Waals surface area contributed by atoms with Crippen LogP contribution in [0.1, 0.15) is 341 Å². The Kier molecular flexibility index (Phi) is 54.5. The van der Waals surface area contributed by atoms with Gasteiger partial charge in [0.1, 0.15) is 0 Å². The van der Waals surface area contributed by atoms with E-state index in [9.17, 15) is 19.8 Å². The standard InChI is InChI=1S/C59H117NO5/c1-3-5-7-9-11-13-15-16-17-22-26-29-33-37-41-45-49-53-59(64)65-54-50-46-42-38-34-30-27-24-21-19-18-20-23-25-28-32-36-40-44-48-52-58(63)60-56(55-61)57(62)51-47-43-39-35-31-14-12-10-8-6-4-2/h56-57,61-62H,3-55H2,1-2H3,(H,60,63). The third kappa shape index (κ3) is 52.1. The highest BCUT2D eigenvalue weighted by Crippen LogP contribution is 2.18. The maximum atomic E-state index is 12.4. The first-order valence-electron chi connectivity index (χ1n) is 29.8. The lowest BCUT2D eigenvalue weighted by atomic mass is 10.0. The minimum Gasteiger partial charge on any atom is -0.466 e. The molecule has 65 heavy (non-hydrogen) atoms. The Morgan fingerprint density at radius 1 is 0.369 bits per heavy atom. The van der Waals surface area contributed by atoms with Crippen LogP contribution in [0.5, 0.6) is 0 Å². The fraction of sp³-hybridized carbons (Fsp3) is 0.966. The number of hydrogen-bond donors (Lipinski definition) is 3. The lowest BCUT2D eigenvalue weighted by Gasteiger charge is -2.22. The predicted octanol–water partition coefficient (Wildman–Crippen LogP) is 18.3. The Balaban J connectivity index is 3.34. The SMILES string of the molecule is CCCCCCCCCCCCCCCCCCCC(=O)OCCCCCCCCCCCCCCCCCCCCCCC(=O)NC(CO)C(O)CCCCCCCCCCCCC. The van der Waals surface area contributed by atoms with Gasteiger partial charge in [0, 0.05) is 12.8 Å². The van der Waals surface area contributed by atoms with E-state index in [4.69, 9.17) is 4.74 Å². The predicted molar refractivity (Wildman–Crippen MR) is 283 cm³/mol. The number of hydrogen-bond acceptors (Lipinski definition) is 5. The highest BCUT2D eigenvalue weighted by atomic mass is 16.5. The molecular formula is C59H117NO5. The van der Waals surface area contributed by atoms with E-state index in [2.05, 4.69) is 19.2 Å². The van der Waals surface area contributed by atoms with E-state index in [0.29, 0.717) is 25.9 Å². The molecule has 0 aromatic carbocycles. The first-order valence-corrected chi connectivity index (χ1v) is 29.8. The number of carbonyl (C=O) groups is 2. The molecule has 0 bridgehead atoms. The molecule has 0 aromatic heterocycles. The van der Waals surface area contributed by atoms with Crippen LogP contribution in [-0.2, 0) is 14.3 Å². The summed E-state index contributed by atoms with van der Waals surface area (Å²) in [6.07, 6.45) is 63.9. The van der Waals surface area contributed by atoms with E-state index < -0.39 is 12.1 Å². The van der Waals surface area contributed by atoms with Crippen molar-refractivity contribution >= 4 is 11.9 Å². The lowest BCUT2D eigenvalue weighted by molar-refractivity contribution is -0.143. The normalized spacial score (nSPS) is 12.5. The zero-order chi connectivity index (χ0) is 47.2. The Labute approximate surface area is 406 Å². The maximum absolute atomic E-state index is 12.4. The second kappa shape index (κ2) is 55.5. The zero-order valence-electron chi connectivity index (χ0n) is 44.3. The molecule has 0 aromatic rings. The number of amides is 1. The molecule has 2 unspecified atom stereocenters. The summed E-state index contributed by atoms with van der Waals surface area (Å²) >= 11 is 0. The van der Waals surface area contributed by atoms with Crippen LogP contribution in [0.2, 0.25) is 0 Å². The second-order valence-corrected chi connectivity index (χ2v) is 20.7. The van der Waals surface area contributed by atoms with E-state index in [0.717, 1.165) is 38.5 Å².